The first-order chi connectivity index (χ1) is 6.83. The first-order valence-corrected chi connectivity index (χ1v) is 5.78. The van der Waals surface area contributed by atoms with E-state index in [2.05, 4.69) is 4.90 Å². The van der Waals surface area contributed by atoms with Gasteiger partial charge in [0.05, 0.1) is 18.2 Å². The molecule has 2 rings (SSSR count). The van der Waals surface area contributed by atoms with Gasteiger partial charge < -0.3 is 9.84 Å². The number of aliphatic hydroxyl groups excluding tert-OH is 1. The Kier molecular flexibility index (Phi) is 3.42. The number of hydrogen-bond donors (Lipinski definition) is 1. The van der Waals surface area contributed by atoms with Gasteiger partial charge in [-0.1, -0.05) is 0 Å². The first-order valence-electron chi connectivity index (χ1n) is 5.78. The number of ether oxygens (including phenoxy) is 1. The van der Waals surface area contributed by atoms with Crippen molar-refractivity contribution in [3.05, 3.63) is 0 Å². The van der Waals surface area contributed by atoms with Gasteiger partial charge in [-0.15, -0.1) is 0 Å². The smallest absolute Gasteiger partial charge is 0.0751 e. The average molecular weight is 199 g/mol. The summed E-state index contributed by atoms with van der Waals surface area (Å²) >= 11 is 0. The van der Waals surface area contributed by atoms with Crippen LogP contribution in [0, 0.1) is 0 Å². The highest BCUT2D eigenvalue weighted by Crippen LogP contribution is 2.28. The zero-order valence-electron chi connectivity index (χ0n) is 8.98. The molecule has 1 saturated carbocycles. The number of nitrogens with zero attached hydrogens (tertiary/aromatic N) is 1. The van der Waals surface area contributed by atoms with Crippen LogP contribution in [-0.4, -0.2) is 48.5 Å². The van der Waals surface area contributed by atoms with Crippen molar-refractivity contribution in [1.82, 2.24) is 4.90 Å². The van der Waals surface area contributed by atoms with Crippen LogP contribution in [0.25, 0.3) is 0 Å². The van der Waals surface area contributed by atoms with Crippen molar-refractivity contribution in [3.63, 3.8) is 0 Å². The summed E-state index contributed by atoms with van der Waals surface area (Å²) in [5.74, 6) is 0. The fraction of sp³-hybridized carbons (Fsp3) is 1.00. The molecule has 3 heteroatoms. The third kappa shape index (κ3) is 1.95. The zero-order valence-corrected chi connectivity index (χ0v) is 8.98. The average Bonchev–Trinajstić information content (AvgIpc) is 2.70. The highest BCUT2D eigenvalue weighted by Gasteiger charge is 2.37. The third-order valence-electron chi connectivity index (χ3n) is 3.63. The molecular formula is C11H21NO2. The Labute approximate surface area is 86.0 Å². The van der Waals surface area contributed by atoms with Crippen molar-refractivity contribution >= 4 is 0 Å². The van der Waals surface area contributed by atoms with Gasteiger partial charge in [0.2, 0.25) is 0 Å². The lowest BCUT2D eigenvalue weighted by atomic mass is 9.89. The second-order valence-electron chi connectivity index (χ2n) is 4.51. The van der Waals surface area contributed by atoms with E-state index in [0.29, 0.717) is 0 Å². The lowest BCUT2D eigenvalue weighted by Crippen LogP contribution is -2.52. The molecular weight excluding hydrogens is 178 g/mol. The lowest BCUT2D eigenvalue weighted by Gasteiger charge is -2.40. The van der Waals surface area contributed by atoms with Crippen LogP contribution in [0.5, 0.6) is 0 Å². The predicted molar refractivity (Wildman–Crippen MR) is 55.2 cm³/mol. The minimum Gasteiger partial charge on any atom is -0.391 e. The Bertz CT molecular complexity index is 178. The van der Waals surface area contributed by atoms with Gasteiger partial charge in [-0.2, -0.15) is 0 Å². The molecule has 0 radical (unpaired) electrons. The van der Waals surface area contributed by atoms with Gasteiger partial charge in [-0.3, -0.25) is 4.90 Å². The standard InChI is InChI=1S/C11H21NO2/c1-14-10-6-4-5-9(13)11(10)12-7-2-3-8-12/h9-11,13H,2-8H2,1H3. The molecule has 0 aromatic rings. The first kappa shape index (κ1) is 10.4. The summed E-state index contributed by atoms with van der Waals surface area (Å²) < 4.78 is 5.48. The van der Waals surface area contributed by atoms with E-state index in [4.69, 9.17) is 4.74 Å². The van der Waals surface area contributed by atoms with E-state index < -0.39 is 0 Å². The second-order valence-corrected chi connectivity index (χ2v) is 4.51. The maximum atomic E-state index is 10.0. The van der Waals surface area contributed by atoms with Crippen LogP contribution in [0.1, 0.15) is 32.1 Å². The van der Waals surface area contributed by atoms with E-state index in [-0.39, 0.29) is 18.2 Å². The summed E-state index contributed by atoms with van der Waals surface area (Å²) in [5, 5.41) is 10.0. The zero-order chi connectivity index (χ0) is 9.97. The fourth-order valence-electron chi connectivity index (χ4n) is 2.89. The number of hydrogen-bond acceptors (Lipinski definition) is 3. The summed E-state index contributed by atoms with van der Waals surface area (Å²) in [7, 11) is 1.77. The largest absolute Gasteiger partial charge is 0.391 e. The molecule has 0 aromatic carbocycles. The SMILES string of the molecule is COC1CCCC(O)C1N1CCCC1. The molecule has 3 nitrogen and oxygen atoms in total. The molecule has 1 aliphatic carbocycles. The number of methoxy groups -OCH3 is 1. The van der Waals surface area contributed by atoms with Gasteiger partial charge >= 0.3 is 0 Å². The maximum Gasteiger partial charge on any atom is 0.0751 e. The van der Waals surface area contributed by atoms with Gasteiger partial charge in [0.25, 0.3) is 0 Å². The summed E-state index contributed by atoms with van der Waals surface area (Å²) in [6, 6.07) is 0.260. The van der Waals surface area contributed by atoms with Crippen LogP contribution < -0.4 is 0 Å². The van der Waals surface area contributed by atoms with Crippen LogP contribution in [0.15, 0.2) is 0 Å². The quantitative estimate of drug-likeness (QED) is 0.720. The highest BCUT2D eigenvalue weighted by atomic mass is 16.5. The van der Waals surface area contributed by atoms with Crippen LogP contribution in [-0.2, 0) is 4.74 Å². The molecule has 2 fully saturated rings. The van der Waals surface area contributed by atoms with Crippen molar-refractivity contribution in [2.75, 3.05) is 20.2 Å². The van der Waals surface area contributed by atoms with E-state index >= 15 is 0 Å². The molecule has 82 valence electrons. The highest BCUT2D eigenvalue weighted by molar-refractivity contribution is 4.91. The van der Waals surface area contributed by atoms with Crippen molar-refractivity contribution < 1.29 is 9.84 Å². The lowest BCUT2D eigenvalue weighted by molar-refractivity contribution is -0.0663. The van der Waals surface area contributed by atoms with Crippen LogP contribution in [0.2, 0.25) is 0 Å². The van der Waals surface area contributed by atoms with E-state index in [0.717, 1.165) is 32.4 Å². The van der Waals surface area contributed by atoms with Crippen molar-refractivity contribution in [2.45, 2.75) is 50.4 Å². The molecule has 1 saturated heterocycles. The summed E-state index contributed by atoms with van der Waals surface area (Å²) in [6.45, 7) is 2.28. The molecule has 3 unspecified atom stereocenters. The van der Waals surface area contributed by atoms with Gasteiger partial charge in [0.15, 0.2) is 0 Å². The van der Waals surface area contributed by atoms with E-state index in [9.17, 15) is 5.11 Å². The van der Waals surface area contributed by atoms with E-state index in [1.54, 1.807) is 7.11 Å². The Morgan fingerprint density at radius 2 is 1.86 bits per heavy atom. The second kappa shape index (κ2) is 4.60. The Morgan fingerprint density at radius 1 is 1.14 bits per heavy atom. The molecule has 0 aromatic heterocycles. The Balaban J connectivity index is 2.02. The molecule has 2 aliphatic rings. The monoisotopic (exact) mass is 199 g/mol. The molecule has 1 N–H and O–H groups in total. The number of aliphatic hydroxyl groups is 1. The summed E-state index contributed by atoms with van der Waals surface area (Å²) in [4.78, 5) is 2.41. The number of likely N-dealkylation sites (tertiary alicyclic amines) is 1. The molecule has 14 heavy (non-hydrogen) atoms. The van der Waals surface area contributed by atoms with Crippen molar-refractivity contribution in [1.29, 1.82) is 0 Å². The predicted octanol–water partition coefficient (Wildman–Crippen LogP) is 1.01. The summed E-state index contributed by atoms with van der Waals surface area (Å²) in [5.41, 5.74) is 0. The van der Waals surface area contributed by atoms with Crippen LogP contribution in [0.4, 0.5) is 0 Å². The Morgan fingerprint density at radius 3 is 2.50 bits per heavy atom. The van der Waals surface area contributed by atoms with Gasteiger partial charge in [-0.05, 0) is 45.2 Å². The number of rotatable bonds is 2. The summed E-state index contributed by atoms with van der Waals surface area (Å²) in [6.07, 6.45) is 5.78. The van der Waals surface area contributed by atoms with Crippen LogP contribution in [0.3, 0.4) is 0 Å². The van der Waals surface area contributed by atoms with E-state index in [1.165, 1.54) is 12.8 Å². The van der Waals surface area contributed by atoms with Crippen molar-refractivity contribution in [3.8, 4) is 0 Å². The molecule has 1 aliphatic heterocycles. The minimum atomic E-state index is -0.174. The Hall–Kier alpha value is -0.120. The minimum absolute atomic E-state index is 0.174. The third-order valence-corrected chi connectivity index (χ3v) is 3.63. The topological polar surface area (TPSA) is 32.7 Å². The molecule has 1 heterocycles. The molecule has 3 atom stereocenters. The van der Waals surface area contributed by atoms with Crippen molar-refractivity contribution in [2.24, 2.45) is 0 Å². The molecule has 0 amide bonds. The normalized spacial score (nSPS) is 40.3. The van der Waals surface area contributed by atoms with E-state index in [1.807, 2.05) is 0 Å². The molecule has 0 bridgehead atoms. The maximum absolute atomic E-state index is 10.0. The van der Waals surface area contributed by atoms with Crippen LogP contribution >= 0.6 is 0 Å². The fourth-order valence-corrected chi connectivity index (χ4v) is 2.89. The molecule has 0 spiro atoms. The van der Waals surface area contributed by atoms with Gasteiger partial charge in [0.1, 0.15) is 0 Å². The van der Waals surface area contributed by atoms with Gasteiger partial charge in [0, 0.05) is 7.11 Å². The van der Waals surface area contributed by atoms with Gasteiger partial charge in [-0.25, -0.2) is 0 Å².